The van der Waals surface area contributed by atoms with Gasteiger partial charge in [-0.05, 0) is 0 Å². The third-order valence-corrected chi connectivity index (χ3v) is 0.333. The fourth-order valence-electron chi connectivity index (χ4n) is 0.164. The second kappa shape index (κ2) is 30.2. The average molecular weight is 573 g/mol. The van der Waals surface area contributed by atoms with E-state index in [1.807, 2.05) is 13.0 Å². The molecule has 0 spiro atoms. The zero-order valence-corrected chi connectivity index (χ0v) is 18.1. The molecule has 0 atom stereocenters. The van der Waals surface area contributed by atoms with E-state index in [4.69, 9.17) is 0 Å². The Kier molecular flexibility index (Phi) is 49.5. The molecule has 1 heterocycles. The number of hydrogen-bond donors (Lipinski definition) is 0. The number of rotatable bonds is 0. The third-order valence-electron chi connectivity index (χ3n) is 0.333. The highest BCUT2D eigenvalue weighted by atomic mass is 127. The minimum absolute atomic E-state index is 0.720. The molecular weight excluding hydrogens is 566 g/mol. The molecule has 0 aromatic rings. The van der Waals surface area contributed by atoms with E-state index in [0.717, 1.165) is 46.9 Å². The van der Waals surface area contributed by atoms with E-state index in [2.05, 4.69) is 86.1 Å². The smallest absolute Gasteiger partial charge is 0.457 e. The molecule has 1 fully saturated rings. The van der Waals surface area contributed by atoms with Crippen LogP contribution >= 0.6 is 60.8 Å². The molecule has 12 heteroatoms. The van der Waals surface area contributed by atoms with E-state index in [9.17, 15) is 0 Å². The number of hydrogen-bond acceptors (Lipinski definition) is 3. The number of halogens is 3. The molecule has 0 saturated carbocycles. The van der Waals surface area contributed by atoms with E-state index in [1.165, 1.54) is 0 Å². The van der Waals surface area contributed by atoms with Crippen LogP contribution in [0.5, 0.6) is 0 Å². The highest BCUT2D eigenvalue weighted by Gasteiger charge is 2.05. The summed E-state index contributed by atoms with van der Waals surface area (Å²) in [7, 11) is 3.47. The molecule has 14 heavy (non-hydrogen) atoms. The first-order valence-corrected chi connectivity index (χ1v) is 19.0. The molecule has 0 unspecified atom stereocenters. The molecule has 6 radical (unpaired) electrons. The maximum Gasteiger partial charge on any atom is 0.457 e. The highest BCUT2D eigenvalue weighted by molar-refractivity contribution is 14.1. The first kappa shape index (κ1) is 23.0. The quantitative estimate of drug-likeness (QED) is 0.321. The van der Waals surface area contributed by atoms with Crippen LogP contribution in [0.15, 0.2) is 0 Å². The van der Waals surface area contributed by atoms with Crippen LogP contribution in [0.3, 0.4) is 0 Å². The molecule has 0 bridgehead atoms. The van der Waals surface area contributed by atoms with Crippen LogP contribution < -0.4 is 0 Å². The van der Waals surface area contributed by atoms with Crippen molar-refractivity contribution in [2.45, 2.75) is 11.6 Å². The van der Waals surface area contributed by atoms with Crippen LogP contribution in [0.1, 0.15) is 0 Å². The van der Waals surface area contributed by atoms with Gasteiger partial charge in [0.15, 0.2) is 0 Å². The summed E-state index contributed by atoms with van der Waals surface area (Å²) >= 11 is 10.2. The fraction of sp³-hybridized carbons (Fsp3) is 1.00. The van der Waals surface area contributed by atoms with Crippen molar-refractivity contribution < 1.29 is 13.7 Å². The molecule has 3 nitrogen and oxygen atoms in total. The molecule has 1 rings (SSSR count). The van der Waals surface area contributed by atoms with Gasteiger partial charge < -0.3 is 13.7 Å². The summed E-state index contributed by atoms with van der Waals surface area (Å²) in [5.74, 6) is 4.39. The van der Waals surface area contributed by atoms with Crippen molar-refractivity contribution in [3.05, 3.63) is 0 Å². The van der Waals surface area contributed by atoms with Crippen LogP contribution in [0.4, 0.5) is 0 Å². The first-order valence-electron chi connectivity index (χ1n) is 3.27. The van der Waals surface area contributed by atoms with Crippen LogP contribution in [0.25, 0.3) is 0 Å². The third kappa shape index (κ3) is 36.0. The van der Waals surface area contributed by atoms with Gasteiger partial charge in [0, 0.05) is 0 Å². The summed E-state index contributed by atoms with van der Waals surface area (Å²) in [5, 5.41) is 0. The van der Waals surface area contributed by atoms with Gasteiger partial charge in [0.2, 0.25) is 0 Å². The predicted molar refractivity (Wildman–Crippen MR) is 93.0 cm³/mol. The summed E-state index contributed by atoms with van der Waals surface area (Å²) in [5.41, 5.74) is 0. The molecule has 1 aliphatic rings. The van der Waals surface area contributed by atoms with Gasteiger partial charge >= 0.3 is 46.9 Å². The summed E-state index contributed by atoms with van der Waals surface area (Å²) in [6, 6.07) is 0. The lowest BCUT2D eigenvalue weighted by atomic mass is 10.1. The van der Waals surface area contributed by atoms with Crippen LogP contribution in [-0.2, 0) is 13.7 Å². The molecule has 0 aromatic carbocycles. The van der Waals surface area contributed by atoms with Gasteiger partial charge in [0.25, 0.3) is 13.0 Å². The van der Waals surface area contributed by atoms with Crippen LogP contribution in [0.2, 0.25) is 11.6 Å². The lowest BCUT2D eigenvalue weighted by Gasteiger charge is -2.05. The van der Waals surface area contributed by atoms with Crippen molar-refractivity contribution in [2.24, 2.45) is 0 Å². The van der Waals surface area contributed by atoms with E-state index >= 15 is 0 Å². The van der Waals surface area contributed by atoms with E-state index in [-0.39, 0.29) is 0 Å². The Hall–Kier alpha value is 3.86. The van der Waals surface area contributed by atoms with Crippen molar-refractivity contribution in [2.75, 3.05) is 0 Å². The Morgan fingerprint density at radius 1 is 0.857 bits per heavy atom. The Balaban J connectivity index is -0.000000132. The lowest BCUT2D eigenvalue weighted by molar-refractivity contribution is 0.347. The van der Waals surface area contributed by atoms with Gasteiger partial charge in [-0.15, -0.1) is 11.6 Å². The first-order chi connectivity index (χ1) is 6.83. The summed E-state index contributed by atoms with van der Waals surface area (Å²) in [6.45, 7) is 0. The minimum Gasteiger partial charge on any atom is -0.457 e. The van der Waals surface area contributed by atoms with E-state index in [0.29, 0.717) is 0 Å². The Bertz CT molecular complexity index is 62.8. The molecule has 72 valence electrons. The molecule has 0 aromatic heterocycles. The van der Waals surface area contributed by atoms with E-state index < -0.39 is 0 Å². The van der Waals surface area contributed by atoms with Gasteiger partial charge in [-0.25, -0.2) is 60.8 Å². The normalized spacial score (nSPS) is 10.9. The standard InChI is InChI=1S/2CH3.3Al.B3O3.3HI.H/c;;;;;1-4-2-6-3-5-1;;;;/h2*1H3;;;;;3*1H;/q;;3*+1;;;;;/p-3. The molecule has 0 aliphatic carbocycles. The minimum atomic E-state index is 0.720. The Morgan fingerprint density at radius 2 is 1.00 bits per heavy atom. The average Bonchev–Trinajstić information content (AvgIpc) is 2.26. The predicted octanol–water partition coefficient (Wildman–Crippen LogP) is 1.07. The van der Waals surface area contributed by atoms with Crippen molar-refractivity contribution in [3.63, 3.8) is 0 Å². The summed E-state index contributed by atoms with van der Waals surface area (Å²) < 4.78 is 13.0. The second-order valence-electron chi connectivity index (χ2n) is 1.13. The van der Waals surface area contributed by atoms with Crippen LogP contribution in [-0.4, -0.2) is 59.9 Å². The van der Waals surface area contributed by atoms with Gasteiger partial charge in [-0.1, -0.05) is 0 Å². The van der Waals surface area contributed by atoms with Gasteiger partial charge in [0.05, 0.1) is 0 Å². The largest absolute Gasteiger partial charge is 0.457 e. The molecule has 1 saturated heterocycles. The van der Waals surface area contributed by atoms with Crippen molar-refractivity contribution in [3.8, 4) is 0 Å². The van der Waals surface area contributed by atoms with Gasteiger partial charge in [-0.2, -0.15) is 0 Å². The summed E-state index contributed by atoms with van der Waals surface area (Å²) in [4.78, 5) is 0. The highest BCUT2D eigenvalue weighted by Crippen LogP contribution is 1.78. The van der Waals surface area contributed by atoms with Gasteiger partial charge in [-0.3, -0.25) is 0 Å². The van der Waals surface area contributed by atoms with Crippen LogP contribution in [0, 0.1) is 0 Å². The maximum atomic E-state index is 4.34. The maximum absolute atomic E-state index is 4.34. The Labute approximate surface area is 143 Å². The topological polar surface area (TPSA) is 27.7 Å². The van der Waals surface area contributed by atoms with E-state index in [1.54, 1.807) is 0 Å². The molecule has 0 N–H and O–H groups in total. The van der Waals surface area contributed by atoms with Gasteiger partial charge in [0.1, 0.15) is 0 Å². The SMILES string of the molecule is [AlH][I].[B]1O[B]O[B]O1.[CH3][Al][I].[CH3][Al][I]. The Morgan fingerprint density at radius 3 is 1.07 bits per heavy atom. The zero-order chi connectivity index (χ0) is 11.7. The molecule has 0 amide bonds. The monoisotopic (exact) mass is 574 g/mol. The molecular formula is C2H7Al3B3I3O3. The fourth-order valence-corrected chi connectivity index (χ4v) is 0.164. The zero-order valence-electron chi connectivity index (χ0n) is 7.95. The molecule has 1 aliphatic heterocycles. The van der Waals surface area contributed by atoms with Crippen molar-refractivity contribution in [1.29, 1.82) is 0 Å². The second-order valence-corrected chi connectivity index (χ2v) is 9.48. The van der Waals surface area contributed by atoms with Crippen molar-refractivity contribution in [1.82, 2.24) is 0 Å². The lowest BCUT2D eigenvalue weighted by Crippen LogP contribution is -2.23. The van der Waals surface area contributed by atoms with Crippen molar-refractivity contribution >= 4 is 121 Å². The summed E-state index contributed by atoms with van der Waals surface area (Å²) in [6.07, 6.45) is 0.